The SMILES string of the molecule is COC(=O)c1sc(N2CCCSCC2)c(C(=O)OC)c1N. The number of rotatable bonds is 3. The lowest BCUT2D eigenvalue weighted by Crippen LogP contribution is -2.26. The van der Waals surface area contributed by atoms with Crippen molar-refractivity contribution >= 4 is 45.7 Å². The largest absolute Gasteiger partial charge is 0.465 e. The minimum atomic E-state index is -0.530. The van der Waals surface area contributed by atoms with Gasteiger partial charge in [-0.15, -0.1) is 11.3 Å². The van der Waals surface area contributed by atoms with Crippen molar-refractivity contribution in [1.29, 1.82) is 0 Å². The molecule has 0 bridgehead atoms. The molecule has 1 fully saturated rings. The van der Waals surface area contributed by atoms with Gasteiger partial charge in [0.25, 0.3) is 0 Å². The van der Waals surface area contributed by atoms with Crippen LogP contribution in [-0.4, -0.2) is 50.8 Å². The minimum Gasteiger partial charge on any atom is -0.465 e. The Kier molecular flexibility index (Phi) is 5.35. The number of thiophene rings is 1. The van der Waals surface area contributed by atoms with E-state index in [4.69, 9.17) is 15.2 Å². The molecular weight excluding hydrogens is 312 g/mol. The maximum absolute atomic E-state index is 12.0. The van der Waals surface area contributed by atoms with Gasteiger partial charge in [0, 0.05) is 18.8 Å². The summed E-state index contributed by atoms with van der Waals surface area (Å²) in [5.74, 6) is 1.02. The highest BCUT2D eigenvalue weighted by Crippen LogP contribution is 2.39. The Morgan fingerprint density at radius 3 is 2.52 bits per heavy atom. The van der Waals surface area contributed by atoms with Gasteiger partial charge < -0.3 is 20.1 Å². The van der Waals surface area contributed by atoms with Crippen molar-refractivity contribution < 1.29 is 19.1 Å². The van der Waals surface area contributed by atoms with Gasteiger partial charge in [-0.1, -0.05) is 0 Å². The Morgan fingerprint density at radius 2 is 1.86 bits per heavy atom. The zero-order valence-electron chi connectivity index (χ0n) is 12.0. The summed E-state index contributed by atoms with van der Waals surface area (Å²) in [6.45, 7) is 1.65. The van der Waals surface area contributed by atoms with E-state index in [1.165, 1.54) is 25.6 Å². The van der Waals surface area contributed by atoms with Crippen LogP contribution < -0.4 is 10.6 Å². The summed E-state index contributed by atoms with van der Waals surface area (Å²) in [6.07, 6.45) is 1.02. The Morgan fingerprint density at radius 1 is 1.14 bits per heavy atom. The van der Waals surface area contributed by atoms with Crippen molar-refractivity contribution in [2.75, 3.05) is 49.4 Å². The Bertz CT molecular complexity index is 537. The van der Waals surface area contributed by atoms with Gasteiger partial charge in [0.15, 0.2) is 0 Å². The number of nitrogen functional groups attached to an aromatic ring is 1. The molecule has 2 heterocycles. The van der Waals surface area contributed by atoms with Gasteiger partial charge in [-0.3, -0.25) is 0 Å². The second-order valence-electron chi connectivity index (χ2n) is 4.46. The number of nitrogens with zero attached hydrogens (tertiary/aromatic N) is 1. The fraction of sp³-hybridized carbons (Fsp3) is 0.538. The molecule has 1 aromatic heterocycles. The van der Waals surface area contributed by atoms with E-state index in [9.17, 15) is 9.59 Å². The monoisotopic (exact) mass is 330 g/mol. The minimum absolute atomic E-state index is 0.144. The third kappa shape index (κ3) is 3.26. The molecular formula is C13H18N2O4S2. The predicted octanol–water partition coefficient (Wildman–Crippen LogP) is 1.85. The molecule has 2 N–H and O–H groups in total. The van der Waals surface area contributed by atoms with Crippen molar-refractivity contribution in [3.8, 4) is 0 Å². The molecule has 0 aliphatic carbocycles. The summed E-state index contributed by atoms with van der Waals surface area (Å²) in [6, 6.07) is 0. The average molecular weight is 330 g/mol. The van der Waals surface area contributed by atoms with Gasteiger partial charge in [0.2, 0.25) is 0 Å². The lowest BCUT2D eigenvalue weighted by atomic mass is 10.2. The molecule has 1 aliphatic rings. The van der Waals surface area contributed by atoms with Gasteiger partial charge in [-0.25, -0.2) is 9.59 Å². The molecule has 116 valence electrons. The molecule has 1 saturated heterocycles. The first-order valence-corrected chi connectivity index (χ1v) is 8.48. The molecule has 0 radical (unpaired) electrons. The summed E-state index contributed by atoms with van der Waals surface area (Å²) in [7, 11) is 2.60. The van der Waals surface area contributed by atoms with E-state index in [1.807, 2.05) is 11.8 Å². The van der Waals surface area contributed by atoms with E-state index < -0.39 is 11.9 Å². The highest BCUT2D eigenvalue weighted by molar-refractivity contribution is 7.99. The molecule has 0 spiro atoms. The van der Waals surface area contributed by atoms with E-state index in [-0.39, 0.29) is 16.1 Å². The van der Waals surface area contributed by atoms with E-state index in [0.29, 0.717) is 5.00 Å². The van der Waals surface area contributed by atoms with Gasteiger partial charge in [0.05, 0.1) is 19.9 Å². The lowest BCUT2D eigenvalue weighted by Gasteiger charge is -2.21. The van der Waals surface area contributed by atoms with Crippen LogP contribution in [0.5, 0.6) is 0 Å². The van der Waals surface area contributed by atoms with E-state index in [0.717, 1.165) is 31.0 Å². The molecule has 21 heavy (non-hydrogen) atoms. The summed E-state index contributed by atoms with van der Waals surface area (Å²) in [5.41, 5.74) is 6.40. The maximum atomic E-state index is 12.0. The van der Waals surface area contributed by atoms with Gasteiger partial charge in [-0.05, 0) is 12.2 Å². The number of carbonyl (C=O) groups excluding carboxylic acids is 2. The molecule has 1 aliphatic heterocycles. The van der Waals surface area contributed by atoms with Crippen LogP contribution in [-0.2, 0) is 9.47 Å². The fourth-order valence-electron chi connectivity index (χ4n) is 2.15. The molecule has 0 amide bonds. The highest BCUT2D eigenvalue weighted by atomic mass is 32.2. The van der Waals surface area contributed by atoms with Gasteiger partial charge in [-0.2, -0.15) is 11.8 Å². The first-order chi connectivity index (χ1) is 10.1. The second kappa shape index (κ2) is 7.04. The number of thioether (sulfide) groups is 1. The molecule has 8 heteroatoms. The first-order valence-electron chi connectivity index (χ1n) is 6.51. The van der Waals surface area contributed by atoms with Gasteiger partial charge >= 0.3 is 11.9 Å². The number of ether oxygens (including phenoxy) is 2. The van der Waals surface area contributed by atoms with Crippen LogP contribution in [0.4, 0.5) is 10.7 Å². The average Bonchev–Trinajstić information content (AvgIpc) is 2.69. The zero-order valence-corrected chi connectivity index (χ0v) is 13.6. The molecule has 2 rings (SSSR count). The van der Waals surface area contributed by atoms with E-state index in [2.05, 4.69) is 4.90 Å². The van der Waals surface area contributed by atoms with Crippen LogP contribution in [0.15, 0.2) is 0 Å². The number of anilines is 2. The van der Waals surface area contributed by atoms with Crippen LogP contribution in [0.1, 0.15) is 26.5 Å². The van der Waals surface area contributed by atoms with Crippen LogP contribution in [0, 0.1) is 0 Å². The Hall–Kier alpha value is -1.41. The first kappa shape index (κ1) is 16.0. The third-order valence-electron chi connectivity index (χ3n) is 3.20. The smallest absolute Gasteiger partial charge is 0.350 e. The van der Waals surface area contributed by atoms with E-state index >= 15 is 0 Å². The van der Waals surface area contributed by atoms with E-state index in [1.54, 1.807) is 0 Å². The standard InChI is InChI=1S/C13H18N2O4S2/c1-18-12(16)8-9(14)10(13(17)19-2)21-11(8)15-4-3-6-20-7-5-15/h3-7,14H2,1-2H3. The third-order valence-corrected chi connectivity index (χ3v) is 5.49. The van der Waals surface area contributed by atoms with Crippen LogP contribution >= 0.6 is 23.1 Å². The lowest BCUT2D eigenvalue weighted by molar-refractivity contribution is 0.0602. The summed E-state index contributed by atoms with van der Waals surface area (Å²) >= 11 is 3.07. The molecule has 0 unspecified atom stereocenters. The second-order valence-corrected chi connectivity index (χ2v) is 6.68. The van der Waals surface area contributed by atoms with Crippen molar-refractivity contribution in [2.45, 2.75) is 6.42 Å². The fourth-order valence-corrected chi connectivity index (χ4v) is 4.21. The topological polar surface area (TPSA) is 81.9 Å². The van der Waals surface area contributed by atoms with Gasteiger partial charge in [0.1, 0.15) is 15.4 Å². The number of carbonyl (C=O) groups is 2. The summed E-state index contributed by atoms with van der Waals surface area (Å²) < 4.78 is 9.54. The van der Waals surface area contributed by atoms with Crippen molar-refractivity contribution in [2.24, 2.45) is 0 Å². The van der Waals surface area contributed by atoms with Crippen molar-refractivity contribution in [1.82, 2.24) is 0 Å². The molecule has 0 aromatic carbocycles. The summed E-state index contributed by atoms with van der Waals surface area (Å²) in [5, 5.41) is 0.697. The molecule has 0 saturated carbocycles. The highest BCUT2D eigenvalue weighted by Gasteiger charge is 2.29. The zero-order chi connectivity index (χ0) is 15.4. The van der Waals surface area contributed by atoms with Crippen LogP contribution in [0.3, 0.4) is 0 Å². The number of hydrogen-bond acceptors (Lipinski definition) is 8. The summed E-state index contributed by atoms with van der Waals surface area (Å²) in [4.78, 5) is 26.2. The van der Waals surface area contributed by atoms with Crippen LogP contribution in [0.25, 0.3) is 0 Å². The molecule has 0 atom stereocenters. The van der Waals surface area contributed by atoms with Crippen molar-refractivity contribution in [3.63, 3.8) is 0 Å². The normalized spacial score (nSPS) is 15.4. The number of methoxy groups -OCH3 is 2. The Labute approximate surface area is 131 Å². The maximum Gasteiger partial charge on any atom is 0.350 e. The number of nitrogens with two attached hydrogens (primary N) is 1. The predicted molar refractivity (Wildman–Crippen MR) is 85.6 cm³/mol. The molecule has 6 nitrogen and oxygen atoms in total. The quantitative estimate of drug-likeness (QED) is 0.847. The van der Waals surface area contributed by atoms with Crippen LogP contribution in [0.2, 0.25) is 0 Å². The Balaban J connectivity index is 2.46. The molecule has 1 aromatic rings. The van der Waals surface area contributed by atoms with Crippen molar-refractivity contribution in [3.05, 3.63) is 10.4 Å². The number of esters is 2. The number of hydrogen-bond donors (Lipinski definition) is 1.